The van der Waals surface area contributed by atoms with Gasteiger partial charge >= 0.3 is 12.1 Å². The Morgan fingerprint density at radius 2 is 2.05 bits per heavy atom. The average molecular weight is 298 g/mol. The van der Waals surface area contributed by atoms with Crippen LogP contribution in [0.15, 0.2) is 6.20 Å². The Morgan fingerprint density at radius 1 is 1.45 bits per heavy atom. The zero-order chi connectivity index (χ0) is 15.5. The zero-order valence-corrected chi connectivity index (χ0v) is 10.3. The molecule has 0 saturated carbocycles. The van der Waals surface area contributed by atoms with E-state index >= 15 is 0 Å². The number of halogens is 5. The van der Waals surface area contributed by atoms with E-state index in [9.17, 15) is 26.7 Å². The van der Waals surface area contributed by atoms with E-state index in [-0.39, 0.29) is 12.1 Å². The number of nitrogens with two attached hydrogens (primary N) is 1. The number of hydrogen-bond acceptors (Lipinski definition) is 4. The van der Waals surface area contributed by atoms with E-state index in [1.165, 1.54) is 0 Å². The molecule has 0 radical (unpaired) electrons. The summed E-state index contributed by atoms with van der Waals surface area (Å²) < 4.78 is 68.6. The smallest absolute Gasteiger partial charge is 0.418 e. The molecule has 9 heteroatoms. The van der Waals surface area contributed by atoms with Gasteiger partial charge < -0.3 is 10.5 Å². The highest BCUT2D eigenvalue weighted by Crippen LogP contribution is 2.39. The number of carbonyl (C=O) groups excluding carboxylic acids is 1. The van der Waals surface area contributed by atoms with Gasteiger partial charge in [-0.3, -0.25) is 9.78 Å². The van der Waals surface area contributed by atoms with E-state index in [0.717, 1.165) is 13.3 Å². The predicted octanol–water partition coefficient (Wildman–Crippen LogP) is 2.21. The fourth-order valence-electron chi connectivity index (χ4n) is 1.68. The van der Waals surface area contributed by atoms with Crippen molar-refractivity contribution in [3.05, 3.63) is 28.6 Å². The maximum atomic E-state index is 13.0. The van der Waals surface area contributed by atoms with Crippen LogP contribution in [0.5, 0.6) is 0 Å². The van der Waals surface area contributed by atoms with Crippen LogP contribution < -0.4 is 5.73 Å². The third-order valence-corrected chi connectivity index (χ3v) is 2.56. The van der Waals surface area contributed by atoms with Crippen molar-refractivity contribution >= 4 is 5.97 Å². The van der Waals surface area contributed by atoms with E-state index in [0.29, 0.717) is 0 Å². The van der Waals surface area contributed by atoms with Gasteiger partial charge in [0.05, 0.1) is 19.1 Å². The first-order valence-electron chi connectivity index (χ1n) is 5.35. The average Bonchev–Trinajstić information content (AvgIpc) is 2.36. The number of esters is 1. The standard InChI is InChI=1S/C11H11F5N2O2/c1-20-7(19)2-6-5(3-17)4-18-9(10(12)13)8(6)11(14,15)16/h4,10H,2-3,17H2,1H3. The molecule has 0 unspecified atom stereocenters. The highest BCUT2D eigenvalue weighted by molar-refractivity contribution is 5.73. The predicted molar refractivity (Wildman–Crippen MR) is 57.8 cm³/mol. The fourth-order valence-corrected chi connectivity index (χ4v) is 1.68. The summed E-state index contributed by atoms with van der Waals surface area (Å²) in [6.07, 6.45) is -8.49. The van der Waals surface area contributed by atoms with Crippen LogP contribution in [0.2, 0.25) is 0 Å². The summed E-state index contributed by atoms with van der Waals surface area (Å²) in [4.78, 5) is 14.3. The van der Waals surface area contributed by atoms with Gasteiger partial charge in [-0.05, 0) is 11.1 Å². The maximum absolute atomic E-state index is 13.0. The molecule has 2 N–H and O–H groups in total. The molecular weight excluding hydrogens is 287 g/mol. The van der Waals surface area contributed by atoms with E-state index in [2.05, 4.69) is 9.72 Å². The summed E-state index contributed by atoms with van der Waals surface area (Å²) in [6, 6.07) is 0. The van der Waals surface area contributed by atoms with Gasteiger partial charge in [0.15, 0.2) is 0 Å². The molecule has 1 heterocycles. The summed E-state index contributed by atoms with van der Waals surface area (Å²) in [5, 5.41) is 0. The van der Waals surface area contributed by atoms with Crippen LogP contribution in [0, 0.1) is 0 Å². The van der Waals surface area contributed by atoms with E-state index < -0.39 is 41.8 Å². The molecule has 0 fully saturated rings. The summed E-state index contributed by atoms with van der Waals surface area (Å²) in [6.45, 7) is -0.369. The number of carbonyl (C=O) groups is 1. The number of methoxy groups -OCH3 is 1. The van der Waals surface area contributed by atoms with E-state index in [4.69, 9.17) is 5.73 Å². The third kappa shape index (κ3) is 3.41. The first-order valence-corrected chi connectivity index (χ1v) is 5.35. The van der Waals surface area contributed by atoms with Crippen LogP contribution in [0.4, 0.5) is 22.0 Å². The molecule has 1 aromatic rings. The molecule has 0 bridgehead atoms. The number of nitrogens with zero attached hydrogens (tertiary/aromatic N) is 1. The van der Waals surface area contributed by atoms with Crippen molar-refractivity contribution in [3.63, 3.8) is 0 Å². The first-order chi connectivity index (χ1) is 9.22. The Balaban J connectivity index is 3.56. The topological polar surface area (TPSA) is 65.2 Å². The lowest BCUT2D eigenvalue weighted by Gasteiger charge is -2.18. The molecule has 0 aliphatic rings. The largest absolute Gasteiger partial charge is 0.469 e. The van der Waals surface area contributed by atoms with Crippen molar-refractivity contribution in [2.75, 3.05) is 7.11 Å². The van der Waals surface area contributed by atoms with Crippen LogP contribution in [0.3, 0.4) is 0 Å². The number of hydrogen-bond donors (Lipinski definition) is 1. The Morgan fingerprint density at radius 3 is 2.45 bits per heavy atom. The SMILES string of the molecule is COC(=O)Cc1c(CN)cnc(C(F)F)c1C(F)(F)F. The molecule has 1 aromatic heterocycles. The van der Waals surface area contributed by atoms with Crippen molar-refractivity contribution in [2.45, 2.75) is 25.6 Å². The summed E-state index contributed by atoms with van der Waals surface area (Å²) >= 11 is 0. The molecule has 0 aromatic carbocycles. The molecule has 112 valence electrons. The molecule has 20 heavy (non-hydrogen) atoms. The van der Waals surface area contributed by atoms with Gasteiger partial charge in [0.25, 0.3) is 6.43 Å². The van der Waals surface area contributed by atoms with Crippen LogP contribution in [0.25, 0.3) is 0 Å². The second kappa shape index (κ2) is 6.12. The molecule has 0 amide bonds. The lowest BCUT2D eigenvalue weighted by molar-refractivity contribution is -0.142. The normalized spacial score (nSPS) is 11.8. The number of aromatic nitrogens is 1. The Labute approximate surface area is 110 Å². The lowest BCUT2D eigenvalue weighted by Crippen LogP contribution is -2.20. The lowest BCUT2D eigenvalue weighted by atomic mass is 9.97. The molecule has 0 aliphatic carbocycles. The molecule has 4 nitrogen and oxygen atoms in total. The molecule has 1 rings (SSSR count). The van der Waals surface area contributed by atoms with Crippen LogP contribution >= 0.6 is 0 Å². The van der Waals surface area contributed by atoms with Gasteiger partial charge in [0, 0.05) is 12.7 Å². The number of rotatable bonds is 4. The molecule has 0 spiro atoms. The highest BCUT2D eigenvalue weighted by atomic mass is 19.4. The molecular formula is C11H11F5N2O2. The highest BCUT2D eigenvalue weighted by Gasteiger charge is 2.40. The quantitative estimate of drug-likeness (QED) is 0.683. The van der Waals surface area contributed by atoms with E-state index in [1.807, 2.05) is 0 Å². The molecule has 0 aliphatic heterocycles. The van der Waals surface area contributed by atoms with Gasteiger partial charge in [-0.1, -0.05) is 0 Å². The minimum Gasteiger partial charge on any atom is -0.469 e. The summed E-state index contributed by atoms with van der Waals surface area (Å²) in [7, 11) is 0.979. The second-order valence-electron chi connectivity index (χ2n) is 3.78. The van der Waals surface area contributed by atoms with Crippen molar-refractivity contribution in [1.29, 1.82) is 0 Å². The fraction of sp³-hybridized carbons (Fsp3) is 0.455. The maximum Gasteiger partial charge on any atom is 0.418 e. The minimum absolute atomic E-state index is 0.132. The van der Waals surface area contributed by atoms with Crippen molar-refractivity contribution in [3.8, 4) is 0 Å². The van der Waals surface area contributed by atoms with Gasteiger partial charge in [0.1, 0.15) is 5.69 Å². The number of alkyl halides is 5. The minimum atomic E-state index is -5.08. The molecule has 0 saturated heterocycles. The van der Waals surface area contributed by atoms with Crippen LogP contribution in [0.1, 0.15) is 28.8 Å². The first kappa shape index (κ1) is 16.3. The zero-order valence-electron chi connectivity index (χ0n) is 10.3. The molecule has 0 atom stereocenters. The summed E-state index contributed by atoms with van der Waals surface area (Å²) in [5.74, 6) is -0.989. The van der Waals surface area contributed by atoms with E-state index in [1.54, 1.807) is 0 Å². The van der Waals surface area contributed by atoms with Gasteiger partial charge in [-0.15, -0.1) is 0 Å². The third-order valence-electron chi connectivity index (χ3n) is 2.56. The van der Waals surface area contributed by atoms with Crippen molar-refractivity contribution in [1.82, 2.24) is 4.98 Å². The van der Waals surface area contributed by atoms with Gasteiger partial charge in [-0.2, -0.15) is 13.2 Å². The van der Waals surface area contributed by atoms with Gasteiger partial charge in [0.2, 0.25) is 0 Å². The van der Waals surface area contributed by atoms with Crippen LogP contribution in [-0.4, -0.2) is 18.1 Å². The van der Waals surface area contributed by atoms with Crippen LogP contribution in [-0.2, 0) is 28.7 Å². The number of ether oxygens (including phenoxy) is 1. The Hall–Kier alpha value is -1.77. The van der Waals surface area contributed by atoms with Crippen molar-refractivity contribution < 1.29 is 31.5 Å². The monoisotopic (exact) mass is 298 g/mol. The number of pyridine rings is 1. The Bertz CT molecular complexity index is 502. The second-order valence-corrected chi connectivity index (χ2v) is 3.78. The van der Waals surface area contributed by atoms with Crippen molar-refractivity contribution in [2.24, 2.45) is 5.73 Å². The van der Waals surface area contributed by atoms with Gasteiger partial charge in [-0.25, -0.2) is 8.78 Å². The summed E-state index contributed by atoms with van der Waals surface area (Å²) in [5.41, 5.74) is 1.45. The Kier molecular flexibility index (Phi) is 4.98.